The number of esters is 1. The van der Waals surface area contributed by atoms with Gasteiger partial charge in [-0.3, -0.25) is 0 Å². The molecule has 2 aromatic rings. The average Bonchev–Trinajstić information content (AvgIpc) is 2.55. The third kappa shape index (κ3) is 3.16. The molecule has 5 nitrogen and oxygen atoms in total. The van der Waals surface area contributed by atoms with E-state index in [9.17, 15) is 9.18 Å². The Kier molecular flexibility index (Phi) is 4.93. The van der Waals surface area contributed by atoms with Gasteiger partial charge in [0.05, 0.1) is 26.4 Å². The van der Waals surface area contributed by atoms with E-state index in [4.69, 9.17) is 14.2 Å². The normalized spacial score (nSPS) is 10.2. The molecule has 22 heavy (non-hydrogen) atoms. The lowest BCUT2D eigenvalue weighted by Gasteiger charge is -2.15. The van der Waals surface area contributed by atoms with Crippen molar-refractivity contribution < 1.29 is 23.4 Å². The predicted molar refractivity (Wildman–Crippen MR) is 78.7 cm³/mol. The summed E-state index contributed by atoms with van der Waals surface area (Å²) in [6, 6.07) is 5.94. The summed E-state index contributed by atoms with van der Waals surface area (Å²) < 4.78 is 28.7. The van der Waals surface area contributed by atoms with Crippen LogP contribution in [0.1, 0.15) is 17.3 Å². The zero-order valence-corrected chi connectivity index (χ0v) is 12.6. The van der Waals surface area contributed by atoms with Crippen molar-refractivity contribution in [3.63, 3.8) is 0 Å². The lowest BCUT2D eigenvalue weighted by Crippen LogP contribution is -2.05. The number of methoxy groups -OCH3 is 2. The second-order valence-electron chi connectivity index (χ2n) is 4.35. The molecule has 6 heteroatoms. The summed E-state index contributed by atoms with van der Waals surface area (Å²) in [5.41, 5.74) is 1.49. The topological polar surface area (TPSA) is 57.7 Å². The minimum absolute atomic E-state index is 0.308. The Labute approximate surface area is 127 Å². The molecule has 116 valence electrons. The van der Waals surface area contributed by atoms with Gasteiger partial charge in [-0.2, -0.15) is 4.39 Å². The highest BCUT2D eigenvalue weighted by molar-refractivity contribution is 5.93. The van der Waals surface area contributed by atoms with Crippen LogP contribution in [-0.2, 0) is 4.74 Å². The van der Waals surface area contributed by atoms with Crippen LogP contribution in [0.4, 0.5) is 4.39 Å². The van der Waals surface area contributed by atoms with Crippen molar-refractivity contribution in [1.29, 1.82) is 0 Å². The molecule has 2 rings (SSSR count). The number of halogens is 1. The summed E-state index contributed by atoms with van der Waals surface area (Å²) in [7, 11) is 2.77. The molecule has 0 aliphatic carbocycles. The maximum absolute atomic E-state index is 13.0. The monoisotopic (exact) mass is 305 g/mol. The van der Waals surface area contributed by atoms with Crippen LogP contribution in [0.5, 0.6) is 11.5 Å². The second-order valence-corrected chi connectivity index (χ2v) is 4.35. The number of ether oxygens (including phenoxy) is 3. The van der Waals surface area contributed by atoms with Crippen LogP contribution in [0.25, 0.3) is 11.1 Å². The van der Waals surface area contributed by atoms with Crippen LogP contribution in [0.3, 0.4) is 0 Å². The zero-order valence-electron chi connectivity index (χ0n) is 12.6. The number of rotatable bonds is 5. The molecule has 0 aliphatic heterocycles. The molecule has 0 fully saturated rings. The molecule has 0 spiro atoms. The summed E-state index contributed by atoms with van der Waals surface area (Å²) in [6.45, 7) is 2.25. The van der Waals surface area contributed by atoms with E-state index in [-0.39, 0.29) is 0 Å². The number of hydrogen-bond acceptors (Lipinski definition) is 5. The predicted octanol–water partition coefficient (Wildman–Crippen LogP) is 3.08. The number of aromatic nitrogens is 1. The molecule has 0 atom stereocenters. The molecule has 0 saturated heterocycles. The molecular formula is C16H16FNO4. The van der Waals surface area contributed by atoms with Crippen LogP contribution < -0.4 is 9.47 Å². The van der Waals surface area contributed by atoms with Crippen molar-refractivity contribution >= 4 is 5.97 Å². The first-order valence-corrected chi connectivity index (χ1v) is 6.65. The molecule has 0 unspecified atom stereocenters. The van der Waals surface area contributed by atoms with Crippen molar-refractivity contribution in [1.82, 2.24) is 4.98 Å². The molecule has 0 saturated carbocycles. The molecule has 0 radical (unpaired) electrons. The van der Waals surface area contributed by atoms with Crippen LogP contribution in [0, 0.1) is 5.95 Å². The quantitative estimate of drug-likeness (QED) is 0.627. The minimum Gasteiger partial charge on any atom is -0.493 e. The van der Waals surface area contributed by atoms with Gasteiger partial charge in [0, 0.05) is 17.3 Å². The van der Waals surface area contributed by atoms with Gasteiger partial charge in [0.15, 0.2) is 11.5 Å². The summed E-state index contributed by atoms with van der Waals surface area (Å²) in [5, 5.41) is 0. The molecule has 1 aromatic heterocycles. The van der Waals surface area contributed by atoms with Crippen molar-refractivity contribution in [2.45, 2.75) is 6.92 Å². The Bertz CT molecular complexity index is 671. The van der Waals surface area contributed by atoms with Gasteiger partial charge in [0.1, 0.15) is 0 Å². The maximum Gasteiger partial charge on any atom is 0.338 e. The standard InChI is InChI=1S/C16H16FNO4/c1-4-22-15-12(10-5-6-14(17)18-9-10)7-11(16(19)21-3)8-13(15)20-2/h5-9H,4H2,1-3H3. The number of hydrogen-bond donors (Lipinski definition) is 0. The highest BCUT2D eigenvalue weighted by Crippen LogP contribution is 2.39. The van der Waals surface area contributed by atoms with Crippen LogP contribution in [-0.4, -0.2) is 31.8 Å². The first-order valence-electron chi connectivity index (χ1n) is 6.65. The van der Waals surface area contributed by atoms with Crippen LogP contribution >= 0.6 is 0 Å². The fraction of sp³-hybridized carbons (Fsp3) is 0.250. The molecular weight excluding hydrogens is 289 g/mol. The van der Waals surface area contributed by atoms with E-state index in [0.717, 1.165) is 0 Å². The Morgan fingerprint density at radius 3 is 2.59 bits per heavy atom. The fourth-order valence-corrected chi connectivity index (χ4v) is 2.03. The van der Waals surface area contributed by atoms with E-state index in [1.165, 1.54) is 32.5 Å². The van der Waals surface area contributed by atoms with Crippen molar-refractivity contribution in [3.8, 4) is 22.6 Å². The largest absolute Gasteiger partial charge is 0.493 e. The van der Waals surface area contributed by atoms with E-state index < -0.39 is 11.9 Å². The lowest BCUT2D eigenvalue weighted by atomic mass is 10.0. The van der Waals surface area contributed by atoms with E-state index in [1.807, 2.05) is 6.92 Å². The Morgan fingerprint density at radius 1 is 1.27 bits per heavy atom. The number of carbonyl (C=O) groups is 1. The Hall–Kier alpha value is -2.63. The summed E-state index contributed by atoms with van der Waals surface area (Å²) in [5.74, 6) is -0.231. The van der Waals surface area contributed by atoms with Gasteiger partial charge in [0.25, 0.3) is 0 Å². The maximum atomic E-state index is 13.0. The minimum atomic E-state index is -0.585. The third-order valence-electron chi connectivity index (χ3n) is 3.02. The van der Waals surface area contributed by atoms with Crippen LogP contribution in [0.2, 0.25) is 0 Å². The number of nitrogens with zero attached hydrogens (tertiary/aromatic N) is 1. The van der Waals surface area contributed by atoms with Crippen molar-refractivity contribution in [2.75, 3.05) is 20.8 Å². The third-order valence-corrected chi connectivity index (χ3v) is 3.02. The SMILES string of the molecule is CCOc1c(OC)cc(C(=O)OC)cc1-c1ccc(F)nc1. The molecule has 0 aliphatic rings. The highest BCUT2D eigenvalue weighted by atomic mass is 19.1. The van der Waals surface area contributed by atoms with Gasteiger partial charge in [-0.25, -0.2) is 9.78 Å². The molecule has 1 heterocycles. The molecule has 0 amide bonds. The summed E-state index contributed by atoms with van der Waals surface area (Å²) in [6.07, 6.45) is 1.37. The van der Waals surface area contributed by atoms with E-state index in [1.54, 1.807) is 12.1 Å². The summed E-state index contributed by atoms with van der Waals surface area (Å²) in [4.78, 5) is 15.4. The highest BCUT2D eigenvalue weighted by Gasteiger charge is 2.18. The van der Waals surface area contributed by atoms with E-state index in [0.29, 0.717) is 34.8 Å². The molecule has 1 aromatic carbocycles. The number of carbonyl (C=O) groups excluding carboxylic acids is 1. The van der Waals surface area contributed by atoms with Crippen LogP contribution in [0.15, 0.2) is 30.5 Å². The van der Waals surface area contributed by atoms with E-state index in [2.05, 4.69) is 4.98 Å². The van der Waals surface area contributed by atoms with Gasteiger partial charge < -0.3 is 14.2 Å². The van der Waals surface area contributed by atoms with Gasteiger partial charge in [-0.15, -0.1) is 0 Å². The first-order chi connectivity index (χ1) is 10.6. The Balaban J connectivity index is 2.66. The van der Waals surface area contributed by atoms with Crippen molar-refractivity contribution in [3.05, 3.63) is 42.0 Å². The average molecular weight is 305 g/mol. The fourth-order valence-electron chi connectivity index (χ4n) is 2.03. The summed E-state index contributed by atoms with van der Waals surface area (Å²) >= 11 is 0. The van der Waals surface area contributed by atoms with Gasteiger partial charge in [0.2, 0.25) is 5.95 Å². The number of pyridine rings is 1. The molecule has 0 bridgehead atoms. The van der Waals surface area contributed by atoms with Gasteiger partial charge >= 0.3 is 5.97 Å². The van der Waals surface area contributed by atoms with Gasteiger partial charge in [-0.05, 0) is 31.2 Å². The first kappa shape index (κ1) is 15.8. The Morgan fingerprint density at radius 2 is 2.05 bits per heavy atom. The lowest BCUT2D eigenvalue weighted by molar-refractivity contribution is 0.0600. The molecule has 0 N–H and O–H groups in total. The second kappa shape index (κ2) is 6.89. The van der Waals surface area contributed by atoms with E-state index >= 15 is 0 Å². The van der Waals surface area contributed by atoms with Gasteiger partial charge in [-0.1, -0.05) is 0 Å². The van der Waals surface area contributed by atoms with Crippen molar-refractivity contribution in [2.24, 2.45) is 0 Å². The zero-order chi connectivity index (χ0) is 16.1. The number of benzene rings is 1. The smallest absolute Gasteiger partial charge is 0.338 e.